The molecule has 0 radical (unpaired) electrons. The number of pyridine rings is 1. The minimum Gasteiger partial charge on any atom is -0.480 e. The summed E-state index contributed by atoms with van der Waals surface area (Å²) in [6.07, 6.45) is 1.31. The number of amides is 3. The van der Waals surface area contributed by atoms with Gasteiger partial charge in [-0.3, -0.25) is 4.79 Å². The summed E-state index contributed by atoms with van der Waals surface area (Å²) in [7, 11) is 1.35. The molecule has 2 rings (SSSR count). The summed E-state index contributed by atoms with van der Waals surface area (Å²) in [6, 6.07) is 6.88. The third-order valence-corrected chi connectivity index (χ3v) is 2.97. The average Bonchev–Trinajstić information content (AvgIpc) is 2.54. The minimum absolute atomic E-state index is 0.0186. The SMILES string of the molecule is COc1ncc(NC(=O)NCc2ccccc2F)cc1C(N)=O. The standard InChI is InChI=1S/C15H15FN4O3/c1-23-14-11(13(17)21)6-10(8-18-14)20-15(22)19-7-9-4-2-3-5-12(9)16/h2-6,8H,7H2,1H3,(H2,17,21)(H2,19,20,22). The summed E-state index contributed by atoms with van der Waals surface area (Å²) in [5.74, 6) is -1.07. The van der Waals surface area contributed by atoms with Crippen LogP contribution in [0.25, 0.3) is 0 Å². The first-order chi connectivity index (χ1) is 11.0. The second kappa shape index (κ2) is 7.21. The smallest absolute Gasteiger partial charge is 0.319 e. The van der Waals surface area contributed by atoms with Crippen LogP contribution in [0.3, 0.4) is 0 Å². The molecule has 0 atom stereocenters. The minimum atomic E-state index is -0.732. The Bertz CT molecular complexity index is 736. The predicted octanol–water partition coefficient (Wildman–Crippen LogP) is 1.65. The third-order valence-electron chi connectivity index (χ3n) is 2.97. The maximum absolute atomic E-state index is 13.4. The first kappa shape index (κ1) is 16.2. The Labute approximate surface area is 131 Å². The van der Waals surface area contributed by atoms with Crippen LogP contribution < -0.4 is 21.1 Å². The van der Waals surface area contributed by atoms with Crippen LogP contribution in [0.4, 0.5) is 14.9 Å². The van der Waals surface area contributed by atoms with Crippen LogP contribution in [0, 0.1) is 5.82 Å². The number of carbonyl (C=O) groups is 2. The van der Waals surface area contributed by atoms with Crippen molar-refractivity contribution < 1.29 is 18.7 Å². The molecule has 1 aromatic heterocycles. The number of halogens is 1. The quantitative estimate of drug-likeness (QED) is 0.779. The lowest BCUT2D eigenvalue weighted by molar-refractivity contribution is 0.0996. The topological polar surface area (TPSA) is 106 Å². The second-order valence-electron chi connectivity index (χ2n) is 4.54. The van der Waals surface area contributed by atoms with Crippen LogP contribution in [0.1, 0.15) is 15.9 Å². The van der Waals surface area contributed by atoms with E-state index < -0.39 is 17.8 Å². The van der Waals surface area contributed by atoms with E-state index >= 15 is 0 Å². The number of hydrogen-bond donors (Lipinski definition) is 3. The van der Waals surface area contributed by atoms with Gasteiger partial charge < -0.3 is 21.1 Å². The van der Waals surface area contributed by atoms with Crippen LogP contribution in [-0.2, 0) is 6.54 Å². The summed E-state index contributed by atoms with van der Waals surface area (Å²) in [6.45, 7) is 0.0186. The van der Waals surface area contributed by atoms with E-state index in [1.165, 1.54) is 25.4 Å². The number of urea groups is 1. The number of anilines is 1. The van der Waals surface area contributed by atoms with Crippen molar-refractivity contribution in [1.82, 2.24) is 10.3 Å². The molecule has 0 fully saturated rings. The molecule has 0 saturated carbocycles. The molecule has 4 N–H and O–H groups in total. The molecule has 0 spiro atoms. The summed E-state index contributed by atoms with van der Waals surface area (Å²) in [4.78, 5) is 27.0. The number of primary amides is 1. The van der Waals surface area contributed by atoms with E-state index in [1.54, 1.807) is 18.2 Å². The van der Waals surface area contributed by atoms with Gasteiger partial charge in [0.2, 0.25) is 5.88 Å². The Kier molecular flexibility index (Phi) is 5.08. The molecule has 0 aliphatic rings. The fourth-order valence-electron chi connectivity index (χ4n) is 1.85. The van der Waals surface area contributed by atoms with E-state index in [4.69, 9.17) is 10.5 Å². The van der Waals surface area contributed by atoms with Gasteiger partial charge in [0.15, 0.2) is 0 Å². The molecule has 0 aliphatic heterocycles. The number of benzene rings is 1. The van der Waals surface area contributed by atoms with Crippen molar-refractivity contribution in [3.8, 4) is 5.88 Å². The number of ether oxygens (including phenoxy) is 1. The number of hydrogen-bond acceptors (Lipinski definition) is 4. The molecule has 3 amide bonds. The highest BCUT2D eigenvalue weighted by atomic mass is 19.1. The highest BCUT2D eigenvalue weighted by Gasteiger charge is 2.13. The van der Waals surface area contributed by atoms with E-state index in [2.05, 4.69) is 15.6 Å². The van der Waals surface area contributed by atoms with Crippen molar-refractivity contribution in [1.29, 1.82) is 0 Å². The Morgan fingerprint density at radius 3 is 2.74 bits per heavy atom. The Balaban J connectivity index is 2.02. The van der Waals surface area contributed by atoms with Crippen LogP contribution >= 0.6 is 0 Å². The van der Waals surface area contributed by atoms with Gasteiger partial charge in [0.25, 0.3) is 5.91 Å². The lowest BCUT2D eigenvalue weighted by atomic mass is 10.2. The lowest BCUT2D eigenvalue weighted by Gasteiger charge is -2.10. The van der Waals surface area contributed by atoms with Crippen LogP contribution in [-0.4, -0.2) is 24.0 Å². The highest BCUT2D eigenvalue weighted by molar-refractivity contribution is 5.97. The molecule has 0 saturated heterocycles. The van der Waals surface area contributed by atoms with Crippen molar-refractivity contribution in [2.24, 2.45) is 5.73 Å². The number of carbonyl (C=O) groups excluding carboxylic acids is 2. The molecular weight excluding hydrogens is 303 g/mol. The largest absolute Gasteiger partial charge is 0.480 e. The maximum Gasteiger partial charge on any atom is 0.319 e. The second-order valence-corrected chi connectivity index (χ2v) is 4.54. The fraction of sp³-hybridized carbons (Fsp3) is 0.133. The van der Waals surface area contributed by atoms with E-state index in [0.29, 0.717) is 5.56 Å². The Hall–Kier alpha value is -3.16. The molecule has 0 aliphatic carbocycles. The van der Waals surface area contributed by atoms with E-state index in [1.807, 2.05) is 0 Å². The summed E-state index contributed by atoms with van der Waals surface area (Å²) in [5, 5.41) is 4.98. The number of rotatable bonds is 5. The maximum atomic E-state index is 13.4. The van der Waals surface area contributed by atoms with Crippen molar-refractivity contribution in [2.45, 2.75) is 6.54 Å². The van der Waals surface area contributed by atoms with Gasteiger partial charge in [-0.25, -0.2) is 14.2 Å². The summed E-state index contributed by atoms with van der Waals surface area (Å²) < 4.78 is 18.3. The van der Waals surface area contributed by atoms with Gasteiger partial charge in [0, 0.05) is 12.1 Å². The van der Waals surface area contributed by atoms with Gasteiger partial charge in [-0.1, -0.05) is 18.2 Å². The molecule has 8 heteroatoms. The number of nitrogens with one attached hydrogen (secondary N) is 2. The van der Waals surface area contributed by atoms with E-state index in [0.717, 1.165) is 0 Å². The monoisotopic (exact) mass is 318 g/mol. The van der Waals surface area contributed by atoms with Crippen molar-refractivity contribution in [3.05, 3.63) is 53.5 Å². The van der Waals surface area contributed by atoms with Gasteiger partial charge in [0.1, 0.15) is 11.4 Å². The van der Waals surface area contributed by atoms with Gasteiger partial charge in [-0.05, 0) is 12.1 Å². The van der Waals surface area contributed by atoms with E-state index in [9.17, 15) is 14.0 Å². The molecule has 7 nitrogen and oxygen atoms in total. The van der Waals surface area contributed by atoms with Gasteiger partial charge in [0.05, 0.1) is 19.0 Å². The molecular formula is C15H15FN4O3. The zero-order valence-corrected chi connectivity index (χ0v) is 12.3. The van der Waals surface area contributed by atoms with Crippen molar-refractivity contribution in [2.75, 3.05) is 12.4 Å². The molecule has 2 aromatic rings. The molecule has 0 bridgehead atoms. The fourth-order valence-corrected chi connectivity index (χ4v) is 1.85. The van der Waals surface area contributed by atoms with Crippen LogP contribution in [0.15, 0.2) is 36.5 Å². The Morgan fingerprint density at radius 2 is 2.09 bits per heavy atom. The summed E-state index contributed by atoms with van der Waals surface area (Å²) in [5.41, 5.74) is 5.86. The van der Waals surface area contributed by atoms with Crippen molar-refractivity contribution in [3.63, 3.8) is 0 Å². The molecule has 1 heterocycles. The molecule has 23 heavy (non-hydrogen) atoms. The first-order valence-corrected chi connectivity index (χ1v) is 6.63. The van der Waals surface area contributed by atoms with Crippen LogP contribution in [0.2, 0.25) is 0 Å². The zero-order chi connectivity index (χ0) is 16.8. The van der Waals surface area contributed by atoms with Gasteiger partial charge >= 0.3 is 6.03 Å². The average molecular weight is 318 g/mol. The Morgan fingerprint density at radius 1 is 1.35 bits per heavy atom. The van der Waals surface area contributed by atoms with E-state index in [-0.39, 0.29) is 23.7 Å². The zero-order valence-electron chi connectivity index (χ0n) is 12.3. The number of methoxy groups -OCH3 is 1. The number of aromatic nitrogens is 1. The highest BCUT2D eigenvalue weighted by Crippen LogP contribution is 2.18. The molecule has 1 aromatic carbocycles. The third kappa shape index (κ3) is 4.16. The van der Waals surface area contributed by atoms with Gasteiger partial charge in [-0.2, -0.15) is 0 Å². The van der Waals surface area contributed by atoms with Crippen molar-refractivity contribution >= 4 is 17.6 Å². The first-order valence-electron chi connectivity index (χ1n) is 6.63. The lowest BCUT2D eigenvalue weighted by Crippen LogP contribution is -2.28. The predicted molar refractivity (Wildman–Crippen MR) is 81.6 cm³/mol. The number of nitrogens with zero attached hydrogens (tertiary/aromatic N) is 1. The summed E-state index contributed by atoms with van der Waals surface area (Å²) >= 11 is 0. The molecule has 120 valence electrons. The van der Waals surface area contributed by atoms with Gasteiger partial charge in [-0.15, -0.1) is 0 Å². The number of nitrogens with two attached hydrogens (primary N) is 1. The molecule has 0 unspecified atom stereocenters. The normalized spacial score (nSPS) is 10.0. The van der Waals surface area contributed by atoms with Crippen LogP contribution in [0.5, 0.6) is 5.88 Å².